The summed E-state index contributed by atoms with van der Waals surface area (Å²) < 4.78 is 10.5. The molecular formula is C14H16N4O4. The molecule has 0 fully saturated rings. The Kier molecular flexibility index (Phi) is 4.62. The first-order chi connectivity index (χ1) is 10.5. The molecule has 0 aliphatic heterocycles. The Morgan fingerprint density at radius 3 is 2.73 bits per heavy atom. The standard InChI is InChI=1S/C14H16N4O4/c1-3-21-14(19)16-11-8-12(17-13(15)18(11)20)22-10-6-4-9(2)5-7-10/h4-8H,3H2,1-2H3,(H2,15,17)(H,16,19). The summed E-state index contributed by atoms with van der Waals surface area (Å²) in [6.07, 6.45) is -0.765. The lowest BCUT2D eigenvalue weighted by Crippen LogP contribution is -2.37. The molecule has 0 aliphatic carbocycles. The zero-order valence-electron chi connectivity index (χ0n) is 12.2. The number of carbonyl (C=O) groups is 1. The van der Waals surface area contributed by atoms with E-state index in [1.807, 2.05) is 19.1 Å². The third-order valence-corrected chi connectivity index (χ3v) is 2.66. The molecule has 22 heavy (non-hydrogen) atoms. The Morgan fingerprint density at radius 2 is 2.09 bits per heavy atom. The molecule has 0 saturated heterocycles. The normalized spacial score (nSPS) is 10.1. The fraction of sp³-hybridized carbons (Fsp3) is 0.214. The number of hydrogen-bond acceptors (Lipinski definition) is 6. The van der Waals surface area contributed by atoms with Crippen molar-refractivity contribution in [1.29, 1.82) is 0 Å². The summed E-state index contributed by atoms with van der Waals surface area (Å²) in [5.41, 5.74) is 6.59. The number of aryl methyl sites for hydroxylation is 1. The van der Waals surface area contributed by atoms with Crippen LogP contribution in [0.5, 0.6) is 11.6 Å². The molecule has 1 aromatic heterocycles. The van der Waals surface area contributed by atoms with Gasteiger partial charge in [-0.3, -0.25) is 0 Å². The minimum Gasteiger partial charge on any atom is -0.754 e. The molecular weight excluding hydrogens is 288 g/mol. The highest BCUT2D eigenvalue weighted by atomic mass is 16.5. The predicted molar refractivity (Wildman–Crippen MR) is 79.5 cm³/mol. The van der Waals surface area contributed by atoms with Crippen LogP contribution in [-0.4, -0.2) is 17.7 Å². The summed E-state index contributed by atoms with van der Waals surface area (Å²) in [4.78, 5) is 15.2. The van der Waals surface area contributed by atoms with E-state index in [0.717, 1.165) is 5.56 Å². The van der Waals surface area contributed by atoms with Crippen molar-refractivity contribution in [3.8, 4) is 11.6 Å². The maximum Gasteiger partial charge on any atom is 0.458 e. The zero-order valence-corrected chi connectivity index (χ0v) is 12.2. The second-order valence-corrected chi connectivity index (χ2v) is 4.39. The van der Waals surface area contributed by atoms with Gasteiger partial charge in [0.15, 0.2) is 0 Å². The first kappa shape index (κ1) is 15.4. The molecule has 1 aromatic carbocycles. The lowest BCUT2D eigenvalue weighted by molar-refractivity contribution is -0.577. The largest absolute Gasteiger partial charge is 0.754 e. The van der Waals surface area contributed by atoms with Gasteiger partial charge in [0.2, 0.25) is 5.82 Å². The monoisotopic (exact) mass is 304 g/mol. The topological polar surface area (TPSA) is 113 Å². The van der Waals surface area contributed by atoms with E-state index in [1.54, 1.807) is 19.1 Å². The molecule has 0 bridgehead atoms. The van der Waals surface area contributed by atoms with Gasteiger partial charge in [-0.25, -0.2) is 14.8 Å². The van der Waals surface area contributed by atoms with E-state index < -0.39 is 6.09 Å². The number of amides is 1. The highest BCUT2D eigenvalue weighted by Crippen LogP contribution is 2.21. The molecule has 2 aromatic rings. The summed E-state index contributed by atoms with van der Waals surface area (Å²) >= 11 is 0. The molecule has 0 saturated carbocycles. The summed E-state index contributed by atoms with van der Waals surface area (Å²) in [6.45, 7) is 3.78. The van der Waals surface area contributed by atoms with Gasteiger partial charge in [-0.15, -0.1) is 0 Å². The van der Waals surface area contributed by atoms with Crippen LogP contribution in [0.3, 0.4) is 0 Å². The van der Waals surface area contributed by atoms with Gasteiger partial charge in [0.05, 0.1) is 12.7 Å². The quantitative estimate of drug-likeness (QED) is 0.659. The highest BCUT2D eigenvalue weighted by molar-refractivity contribution is 5.82. The third-order valence-electron chi connectivity index (χ3n) is 2.66. The van der Waals surface area contributed by atoms with E-state index in [2.05, 4.69) is 10.3 Å². The maximum atomic E-state index is 11.8. The molecule has 1 amide bonds. The van der Waals surface area contributed by atoms with Crippen molar-refractivity contribution in [2.75, 3.05) is 17.7 Å². The third kappa shape index (κ3) is 3.75. The molecule has 0 unspecified atom stereocenters. The van der Waals surface area contributed by atoms with Crippen LogP contribution in [0.2, 0.25) is 0 Å². The molecule has 116 valence electrons. The number of anilines is 2. The lowest BCUT2D eigenvalue weighted by Gasteiger charge is -2.13. The predicted octanol–water partition coefficient (Wildman–Crippen LogP) is 1.97. The van der Waals surface area contributed by atoms with E-state index in [1.165, 1.54) is 6.07 Å². The minimum atomic E-state index is -0.765. The van der Waals surface area contributed by atoms with Crippen LogP contribution in [0.4, 0.5) is 16.6 Å². The van der Waals surface area contributed by atoms with Crippen molar-refractivity contribution in [2.45, 2.75) is 13.8 Å². The lowest BCUT2D eigenvalue weighted by atomic mass is 10.2. The van der Waals surface area contributed by atoms with E-state index in [0.29, 0.717) is 5.75 Å². The van der Waals surface area contributed by atoms with Gasteiger partial charge in [-0.05, 0) is 26.0 Å². The van der Waals surface area contributed by atoms with Gasteiger partial charge in [-0.2, -0.15) is 0 Å². The number of nitrogens with one attached hydrogen (secondary N) is 1. The number of carbonyl (C=O) groups excluding carboxylic acids is 1. The molecule has 0 atom stereocenters. The van der Waals surface area contributed by atoms with Gasteiger partial charge >= 0.3 is 12.0 Å². The van der Waals surface area contributed by atoms with Crippen LogP contribution in [0.25, 0.3) is 0 Å². The van der Waals surface area contributed by atoms with Gasteiger partial charge in [0.25, 0.3) is 5.88 Å². The average molecular weight is 304 g/mol. The summed E-state index contributed by atoms with van der Waals surface area (Å²) in [5, 5.41) is 14.0. The molecule has 0 spiro atoms. The number of nitrogens with zero attached hydrogens (tertiary/aromatic N) is 2. The summed E-state index contributed by atoms with van der Waals surface area (Å²) in [7, 11) is 0. The van der Waals surface area contributed by atoms with Gasteiger partial charge in [0, 0.05) is 0 Å². The number of ether oxygens (including phenoxy) is 2. The zero-order chi connectivity index (χ0) is 16.1. The van der Waals surface area contributed by atoms with Crippen LogP contribution in [0.1, 0.15) is 12.5 Å². The van der Waals surface area contributed by atoms with Gasteiger partial charge < -0.3 is 20.4 Å². The second-order valence-electron chi connectivity index (χ2n) is 4.39. The minimum absolute atomic E-state index is 0.0836. The smallest absolute Gasteiger partial charge is 0.458 e. The number of hydrogen-bond donors (Lipinski definition) is 2. The number of benzene rings is 1. The van der Waals surface area contributed by atoms with E-state index >= 15 is 0 Å². The van der Waals surface area contributed by atoms with Crippen molar-refractivity contribution in [3.05, 3.63) is 41.1 Å². The Bertz CT molecular complexity index is 673. The summed E-state index contributed by atoms with van der Waals surface area (Å²) in [6, 6.07) is 8.51. The van der Waals surface area contributed by atoms with Crippen LogP contribution in [-0.2, 0) is 4.74 Å². The molecule has 1 heterocycles. The number of nitrogen functional groups attached to an aromatic ring is 1. The molecule has 8 heteroatoms. The highest BCUT2D eigenvalue weighted by Gasteiger charge is 2.15. The Labute approximate surface area is 127 Å². The second kappa shape index (κ2) is 6.61. The first-order valence-corrected chi connectivity index (χ1v) is 6.58. The Hall–Kier alpha value is -3.03. The first-order valence-electron chi connectivity index (χ1n) is 6.58. The summed E-state index contributed by atoms with van der Waals surface area (Å²) in [5.74, 6) is 0.132. The van der Waals surface area contributed by atoms with E-state index in [9.17, 15) is 10.0 Å². The Morgan fingerprint density at radius 1 is 1.41 bits per heavy atom. The van der Waals surface area contributed by atoms with Gasteiger partial charge in [0.1, 0.15) is 5.75 Å². The molecule has 3 N–H and O–H groups in total. The van der Waals surface area contributed by atoms with Crippen LogP contribution < -0.4 is 20.5 Å². The molecule has 0 aliphatic rings. The van der Waals surface area contributed by atoms with E-state index in [-0.39, 0.29) is 29.0 Å². The van der Waals surface area contributed by atoms with E-state index in [4.69, 9.17) is 15.2 Å². The average Bonchev–Trinajstić information content (AvgIpc) is 2.47. The number of rotatable bonds is 4. The number of nitrogens with two attached hydrogens (primary N) is 1. The molecule has 8 nitrogen and oxygen atoms in total. The van der Waals surface area contributed by atoms with Crippen molar-refractivity contribution in [2.24, 2.45) is 0 Å². The van der Waals surface area contributed by atoms with Crippen molar-refractivity contribution < 1.29 is 19.0 Å². The number of aromatic nitrogens is 2. The fourth-order valence-electron chi connectivity index (χ4n) is 1.63. The Balaban J connectivity index is 2.23. The van der Waals surface area contributed by atoms with Crippen LogP contribution >= 0.6 is 0 Å². The molecule has 0 radical (unpaired) electrons. The van der Waals surface area contributed by atoms with Gasteiger partial charge in [-0.1, -0.05) is 22.7 Å². The molecule has 2 rings (SSSR count). The van der Waals surface area contributed by atoms with Crippen molar-refractivity contribution >= 4 is 17.9 Å². The maximum absolute atomic E-state index is 11.8. The van der Waals surface area contributed by atoms with Crippen LogP contribution in [0.15, 0.2) is 30.3 Å². The fourth-order valence-corrected chi connectivity index (χ4v) is 1.63. The van der Waals surface area contributed by atoms with Crippen LogP contribution in [0, 0.1) is 12.1 Å². The van der Waals surface area contributed by atoms with Crippen molar-refractivity contribution in [3.63, 3.8) is 0 Å². The van der Waals surface area contributed by atoms with Crippen molar-refractivity contribution in [1.82, 2.24) is 4.98 Å². The SMILES string of the molecule is CCOC(=O)Nc1cc(Oc2ccc(C)cc2)nc(N)[n+]1[O-].